The third-order valence-electron chi connectivity index (χ3n) is 7.60. The fourth-order valence-electron chi connectivity index (χ4n) is 5.21. The number of fused-ring (bicyclic) bond motifs is 1. The van der Waals surface area contributed by atoms with Crippen LogP contribution < -0.4 is 14.2 Å². The number of carbonyl (C=O) groups excluding carboxylic acids is 1. The van der Waals surface area contributed by atoms with Gasteiger partial charge in [-0.05, 0) is 53.4 Å². The van der Waals surface area contributed by atoms with Crippen molar-refractivity contribution in [2.24, 2.45) is 7.05 Å². The van der Waals surface area contributed by atoms with Gasteiger partial charge >= 0.3 is 6.18 Å². The van der Waals surface area contributed by atoms with Gasteiger partial charge in [0.25, 0.3) is 15.9 Å². The van der Waals surface area contributed by atoms with E-state index in [4.69, 9.17) is 9.47 Å². The number of carbonyl (C=O) groups is 1. The molecule has 1 amide bonds. The Labute approximate surface area is 273 Å². The number of sulfonamides is 1. The van der Waals surface area contributed by atoms with Gasteiger partial charge in [0.2, 0.25) is 5.88 Å². The summed E-state index contributed by atoms with van der Waals surface area (Å²) in [5, 5.41) is 2.56. The highest BCUT2D eigenvalue weighted by atomic mass is 32.2. The molecular weight excluding hydrogens is 656 g/mol. The molecular formula is C32H30F3N5O5S2. The molecule has 0 aliphatic carbocycles. The second-order valence-electron chi connectivity index (χ2n) is 11.0. The molecule has 3 aromatic heterocycles. The fraction of sp³-hybridized carbons (Fsp3) is 0.250. The molecule has 47 heavy (non-hydrogen) atoms. The molecule has 0 spiro atoms. The Morgan fingerprint density at radius 2 is 1.72 bits per heavy atom. The molecule has 1 N–H and O–H groups in total. The van der Waals surface area contributed by atoms with Crippen molar-refractivity contribution in [3.8, 4) is 17.4 Å². The molecule has 0 bridgehead atoms. The van der Waals surface area contributed by atoms with Gasteiger partial charge in [-0.3, -0.25) is 14.4 Å². The first-order valence-electron chi connectivity index (χ1n) is 14.5. The Bertz CT molecular complexity index is 1960. The molecule has 1 fully saturated rings. The zero-order valence-corrected chi connectivity index (χ0v) is 26.7. The largest absolute Gasteiger partial charge is 0.484 e. The van der Waals surface area contributed by atoms with E-state index >= 15 is 0 Å². The zero-order valence-electron chi connectivity index (χ0n) is 25.1. The van der Waals surface area contributed by atoms with E-state index in [1.54, 1.807) is 41.8 Å². The highest BCUT2D eigenvalue weighted by Crippen LogP contribution is 2.29. The summed E-state index contributed by atoms with van der Waals surface area (Å²) in [6.07, 6.45) is -3.00. The second kappa shape index (κ2) is 13.3. The highest BCUT2D eigenvalue weighted by molar-refractivity contribution is 7.94. The van der Waals surface area contributed by atoms with Gasteiger partial charge in [0.15, 0.2) is 6.61 Å². The lowest BCUT2D eigenvalue weighted by Gasteiger charge is -2.34. The minimum Gasteiger partial charge on any atom is -0.484 e. The molecule has 15 heteroatoms. The van der Waals surface area contributed by atoms with Crippen molar-refractivity contribution in [3.63, 3.8) is 0 Å². The molecule has 1 saturated heterocycles. The summed E-state index contributed by atoms with van der Waals surface area (Å²) in [4.78, 5) is 21.7. The number of rotatable bonds is 10. The molecule has 2 aromatic carbocycles. The first-order valence-corrected chi connectivity index (χ1v) is 16.9. The number of amides is 1. The average Bonchev–Trinajstić information content (AvgIpc) is 3.71. The minimum atomic E-state index is -4.38. The molecule has 1 aliphatic heterocycles. The number of pyridine rings is 1. The van der Waals surface area contributed by atoms with Gasteiger partial charge in [-0.1, -0.05) is 18.2 Å². The molecule has 1 aliphatic rings. The van der Waals surface area contributed by atoms with Gasteiger partial charge in [-0.25, -0.2) is 13.4 Å². The van der Waals surface area contributed by atoms with Crippen molar-refractivity contribution >= 4 is 43.9 Å². The molecule has 6 rings (SSSR count). The van der Waals surface area contributed by atoms with E-state index in [1.807, 2.05) is 34.7 Å². The van der Waals surface area contributed by atoms with Crippen LogP contribution in [0.25, 0.3) is 10.9 Å². The van der Waals surface area contributed by atoms with E-state index in [2.05, 4.69) is 14.6 Å². The van der Waals surface area contributed by atoms with Crippen LogP contribution in [-0.2, 0) is 23.6 Å². The highest BCUT2D eigenvalue weighted by Gasteiger charge is 2.28. The number of halogens is 3. The lowest BCUT2D eigenvalue weighted by molar-refractivity contribution is -0.153. The van der Waals surface area contributed by atoms with E-state index in [9.17, 15) is 26.4 Å². The number of aryl methyl sites for hydroxylation is 1. The van der Waals surface area contributed by atoms with E-state index in [1.165, 1.54) is 24.4 Å². The number of ether oxygens (including phenoxy) is 2. The number of alkyl halides is 3. The summed E-state index contributed by atoms with van der Waals surface area (Å²) < 4.78 is 77.3. The summed E-state index contributed by atoms with van der Waals surface area (Å²) in [7, 11) is -1.86. The SMILES string of the molecule is Cn1c(C(=O)N2CCN(Cc3ccc(OCC(F)(F)F)cc3)CC2)cc2ccc(Oc3ccc(NS(=O)(=O)c4cccs4)cn3)cc21. The van der Waals surface area contributed by atoms with Crippen LogP contribution in [0.2, 0.25) is 0 Å². The van der Waals surface area contributed by atoms with Crippen LogP contribution in [0.1, 0.15) is 16.1 Å². The number of hydrogen-bond acceptors (Lipinski definition) is 8. The Morgan fingerprint density at radius 1 is 0.979 bits per heavy atom. The Balaban J connectivity index is 1.04. The lowest BCUT2D eigenvalue weighted by atomic mass is 10.2. The van der Waals surface area contributed by atoms with E-state index in [-0.39, 0.29) is 21.7 Å². The Hall–Kier alpha value is -4.60. The maximum absolute atomic E-state index is 13.5. The molecule has 0 radical (unpaired) electrons. The van der Waals surface area contributed by atoms with Crippen molar-refractivity contribution in [3.05, 3.63) is 95.6 Å². The fourth-order valence-corrected chi connectivity index (χ4v) is 7.24. The van der Waals surface area contributed by atoms with Crippen molar-refractivity contribution in [1.29, 1.82) is 0 Å². The van der Waals surface area contributed by atoms with Crippen LogP contribution >= 0.6 is 11.3 Å². The third kappa shape index (κ3) is 7.86. The standard InChI is InChI=1S/C32H30F3N5O5S2/c1-38-27-18-26(45-29-11-7-24(19-36-29)37-47(42,43)30-3-2-16-46-30)10-6-23(27)17-28(38)31(41)40-14-12-39(13-15-40)20-22-4-8-25(9-5-22)44-21-32(33,34)35/h2-11,16-19,37H,12-15,20-21H2,1H3. The predicted octanol–water partition coefficient (Wildman–Crippen LogP) is 6.13. The van der Waals surface area contributed by atoms with Gasteiger partial charge in [0.1, 0.15) is 21.4 Å². The van der Waals surface area contributed by atoms with Crippen molar-refractivity contribution in [2.75, 3.05) is 37.5 Å². The molecule has 0 atom stereocenters. The van der Waals surface area contributed by atoms with Crippen LogP contribution in [0, 0.1) is 0 Å². The number of benzene rings is 2. The number of nitrogens with one attached hydrogen (secondary N) is 1. The normalized spacial score (nSPS) is 14.3. The molecule has 0 saturated carbocycles. The number of hydrogen-bond donors (Lipinski definition) is 1. The van der Waals surface area contributed by atoms with Crippen molar-refractivity contribution in [1.82, 2.24) is 19.4 Å². The summed E-state index contributed by atoms with van der Waals surface area (Å²) >= 11 is 1.12. The lowest BCUT2D eigenvalue weighted by Crippen LogP contribution is -2.48. The summed E-state index contributed by atoms with van der Waals surface area (Å²) in [6, 6.07) is 20.2. The minimum absolute atomic E-state index is 0.0840. The first-order chi connectivity index (χ1) is 22.4. The Kier molecular flexibility index (Phi) is 9.12. The van der Waals surface area contributed by atoms with Gasteiger partial charge in [-0.2, -0.15) is 13.2 Å². The third-order valence-corrected chi connectivity index (χ3v) is 10.4. The van der Waals surface area contributed by atoms with Crippen LogP contribution in [0.4, 0.5) is 18.9 Å². The maximum atomic E-state index is 13.5. The summed E-state index contributed by atoms with van der Waals surface area (Å²) in [5.74, 6) is 0.862. The van der Waals surface area contributed by atoms with E-state index in [0.717, 1.165) is 27.8 Å². The summed E-state index contributed by atoms with van der Waals surface area (Å²) in [6.45, 7) is 1.66. The van der Waals surface area contributed by atoms with Crippen LogP contribution in [-0.4, -0.2) is 72.6 Å². The number of piperazine rings is 1. The van der Waals surface area contributed by atoms with Crippen LogP contribution in [0.15, 0.2) is 88.6 Å². The quantitative estimate of drug-likeness (QED) is 0.189. The molecule has 5 aromatic rings. The van der Waals surface area contributed by atoms with Crippen molar-refractivity contribution < 1.29 is 35.9 Å². The molecule has 4 heterocycles. The van der Waals surface area contributed by atoms with E-state index < -0.39 is 22.8 Å². The average molecular weight is 686 g/mol. The smallest absolute Gasteiger partial charge is 0.422 e. The van der Waals surface area contributed by atoms with Gasteiger partial charge in [-0.15, -0.1) is 11.3 Å². The first kappa shape index (κ1) is 32.3. The summed E-state index contributed by atoms with van der Waals surface area (Å²) in [5.41, 5.74) is 2.59. The molecule has 246 valence electrons. The maximum Gasteiger partial charge on any atom is 0.422 e. The van der Waals surface area contributed by atoms with Crippen LogP contribution in [0.5, 0.6) is 17.4 Å². The molecule has 0 unspecified atom stereocenters. The van der Waals surface area contributed by atoms with Crippen molar-refractivity contribution in [2.45, 2.75) is 16.9 Å². The second-order valence-corrected chi connectivity index (χ2v) is 13.8. The zero-order chi connectivity index (χ0) is 33.2. The molecule has 10 nitrogen and oxygen atoms in total. The van der Waals surface area contributed by atoms with Gasteiger partial charge in [0.05, 0.1) is 17.4 Å². The van der Waals surface area contributed by atoms with Gasteiger partial charge < -0.3 is 18.9 Å². The topological polar surface area (TPSA) is 106 Å². The Morgan fingerprint density at radius 3 is 2.38 bits per heavy atom. The number of nitrogens with zero attached hydrogens (tertiary/aromatic N) is 4. The monoisotopic (exact) mass is 685 g/mol. The number of thiophene rings is 1. The predicted molar refractivity (Wildman–Crippen MR) is 172 cm³/mol. The number of anilines is 1. The van der Waals surface area contributed by atoms with Crippen LogP contribution in [0.3, 0.4) is 0 Å². The van der Waals surface area contributed by atoms with E-state index in [0.29, 0.717) is 49.9 Å². The van der Waals surface area contributed by atoms with Gasteiger partial charge in [0, 0.05) is 57.3 Å². The number of aromatic nitrogens is 2.